The van der Waals surface area contributed by atoms with Gasteiger partial charge in [0.25, 0.3) is 0 Å². The molecular formula is C29H19BrN2O3. The standard InChI is InChI=1S/C29H19BrN2O3/c30-24-17-32-25-15-14-20(28(33)18-8-3-1-4-9-18)16-23(25)21-12-7-13-22(27(21)32)26(24)31-35-29(34)19-10-5-2-6-11-19/h1-16,24H,17H2/b31-26-. The molecule has 0 radical (unpaired) electrons. The molecule has 1 aromatic heterocycles. The number of fused-ring (bicyclic) bond motifs is 3. The van der Waals surface area contributed by atoms with Gasteiger partial charge in [-0.25, -0.2) is 4.79 Å². The van der Waals surface area contributed by atoms with E-state index in [-0.39, 0.29) is 10.6 Å². The van der Waals surface area contributed by atoms with Crippen molar-refractivity contribution in [2.24, 2.45) is 5.16 Å². The molecule has 6 rings (SSSR count). The van der Waals surface area contributed by atoms with Crippen LogP contribution >= 0.6 is 15.9 Å². The summed E-state index contributed by atoms with van der Waals surface area (Å²) in [7, 11) is 0. The molecule has 2 heterocycles. The molecule has 170 valence electrons. The van der Waals surface area contributed by atoms with Crippen molar-refractivity contribution < 1.29 is 14.4 Å². The number of nitrogens with zero attached hydrogens (tertiary/aromatic N) is 2. The van der Waals surface area contributed by atoms with Gasteiger partial charge in [0.2, 0.25) is 0 Å². The summed E-state index contributed by atoms with van der Waals surface area (Å²) < 4.78 is 2.23. The molecule has 0 fully saturated rings. The first-order valence-corrected chi connectivity index (χ1v) is 12.2. The Kier molecular flexibility index (Phi) is 5.30. The van der Waals surface area contributed by atoms with Gasteiger partial charge in [-0.3, -0.25) is 4.79 Å². The van der Waals surface area contributed by atoms with Crippen LogP contribution in [0.15, 0.2) is 102 Å². The summed E-state index contributed by atoms with van der Waals surface area (Å²) in [6.45, 7) is 0.616. The highest BCUT2D eigenvalue weighted by Gasteiger charge is 2.29. The van der Waals surface area contributed by atoms with Gasteiger partial charge in [-0.2, -0.15) is 0 Å². The molecule has 1 atom stereocenters. The fourth-order valence-electron chi connectivity index (χ4n) is 4.69. The molecule has 0 spiro atoms. The monoisotopic (exact) mass is 522 g/mol. The summed E-state index contributed by atoms with van der Waals surface area (Å²) in [5, 5.41) is 6.31. The van der Waals surface area contributed by atoms with Crippen molar-refractivity contribution in [2.45, 2.75) is 11.4 Å². The lowest BCUT2D eigenvalue weighted by Crippen LogP contribution is -2.27. The summed E-state index contributed by atoms with van der Waals surface area (Å²) in [5.74, 6) is -0.506. The average Bonchev–Trinajstić information content (AvgIpc) is 3.22. The topological polar surface area (TPSA) is 60.7 Å². The predicted octanol–water partition coefficient (Wildman–Crippen LogP) is 6.36. The van der Waals surface area contributed by atoms with E-state index in [1.54, 1.807) is 24.3 Å². The minimum Gasteiger partial charge on any atom is -0.338 e. The Bertz CT molecular complexity index is 1640. The molecule has 1 aliphatic heterocycles. The first-order valence-electron chi connectivity index (χ1n) is 11.3. The van der Waals surface area contributed by atoms with Crippen LogP contribution in [0.2, 0.25) is 0 Å². The van der Waals surface area contributed by atoms with Crippen molar-refractivity contribution in [1.29, 1.82) is 0 Å². The molecule has 6 heteroatoms. The predicted molar refractivity (Wildman–Crippen MR) is 140 cm³/mol. The quantitative estimate of drug-likeness (QED) is 0.119. The minimum atomic E-state index is -0.500. The lowest BCUT2D eigenvalue weighted by atomic mass is 9.99. The summed E-state index contributed by atoms with van der Waals surface area (Å²) in [5.41, 5.74) is 5.37. The van der Waals surface area contributed by atoms with Gasteiger partial charge >= 0.3 is 5.97 Å². The van der Waals surface area contributed by atoms with Crippen LogP contribution in [-0.4, -0.2) is 26.9 Å². The van der Waals surface area contributed by atoms with E-state index in [4.69, 9.17) is 4.84 Å². The van der Waals surface area contributed by atoms with Gasteiger partial charge in [-0.15, -0.1) is 0 Å². The Balaban J connectivity index is 1.44. The highest BCUT2D eigenvalue weighted by Crippen LogP contribution is 2.37. The molecule has 1 aliphatic rings. The van der Waals surface area contributed by atoms with Crippen LogP contribution in [0.4, 0.5) is 0 Å². The molecule has 5 nitrogen and oxygen atoms in total. The van der Waals surface area contributed by atoms with Crippen LogP contribution in [0.1, 0.15) is 31.8 Å². The van der Waals surface area contributed by atoms with Crippen molar-refractivity contribution >= 4 is 55.2 Å². The van der Waals surface area contributed by atoms with Crippen LogP contribution in [0, 0.1) is 0 Å². The number of ketones is 1. The second-order valence-corrected chi connectivity index (χ2v) is 9.53. The third-order valence-electron chi connectivity index (χ3n) is 6.33. The molecule has 0 saturated carbocycles. The number of halogens is 1. The molecule has 1 unspecified atom stereocenters. The van der Waals surface area contributed by atoms with Gasteiger partial charge in [0.15, 0.2) is 5.78 Å². The van der Waals surface area contributed by atoms with Crippen LogP contribution in [0.25, 0.3) is 21.8 Å². The highest BCUT2D eigenvalue weighted by atomic mass is 79.9. The van der Waals surface area contributed by atoms with Crippen molar-refractivity contribution in [3.8, 4) is 0 Å². The zero-order chi connectivity index (χ0) is 23.9. The molecule has 0 N–H and O–H groups in total. The molecule has 35 heavy (non-hydrogen) atoms. The van der Waals surface area contributed by atoms with E-state index < -0.39 is 5.97 Å². The Labute approximate surface area is 209 Å². The lowest BCUT2D eigenvalue weighted by Gasteiger charge is -2.22. The largest absolute Gasteiger partial charge is 0.365 e. The molecule has 0 aliphatic carbocycles. The first kappa shape index (κ1) is 21.5. The second kappa shape index (κ2) is 8.64. The van der Waals surface area contributed by atoms with Crippen molar-refractivity contribution in [3.63, 3.8) is 0 Å². The SMILES string of the molecule is O=C(O/N=C1/c2cccc3c4cc(C(=O)c5ccccc5)ccc4n(c23)CC1Br)c1ccccc1. The number of carbonyl (C=O) groups is 2. The summed E-state index contributed by atoms with van der Waals surface area (Å²) >= 11 is 3.74. The zero-order valence-corrected chi connectivity index (χ0v) is 20.1. The first-order chi connectivity index (χ1) is 17.1. The number of alkyl halides is 1. The van der Waals surface area contributed by atoms with Crippen LogP contribution < -0.4 is 0 Å². The second-order valence-electron chi connectivity index (χ2n) is 8.43. The number of hydrogen-bond acceptors (Lipinski definition) is 4. The van der Waals surface area contributed by atoms with Gasteiger partial charge in [-0.1, -0.05) is 87.8 Å². The van der Waals surface area contributed by atoms with Gasteiger partial charge in [0.05, 0.1) is 15.9 Å². The van der Waals surface area contributed by atoms with Gasteiger partial charge < -0.3 is 9.40 Å². The smallest absolute Gasteiger partial charge is 0.338 e. The van der Waals surface area contributed by atoms with E-state index in [2.05, 4.69) is 31.7 Å². The number of rotatable bonds is 4. The third-order valence-corrected chi connectivity index (χ3v) is 7.06. The number of carbonyl (C=O) groups excluding carboxylic acids is 2. The lowest BCUT2D eigenvalue weighted by molar-refractivity contribution is 0.0515. The maximum absolute atomic E-state index is 13.1. The number of aromatic nitrogens is 1. The Morgan fingerprint density at radius 2 is 1.51 bits per heavy atom. The molecule has 5 aromatic rings. The van der Waals surface area contributed by atoms with E-state index in [1.807, 2.05) is 66.7 Å². The van der Waals surface area contributed by atoms with Crippen LogP contribution in [-0.2, 0) is 11.4 Å². The van der Waals surface area contributed by atoms with E-state index >= 15 is 0 Å². The van der Waals surface area contributed by atoms with Gasteiger partial charge in [-0.05, 0) is 30.3 Å². The fourth-order valence-corrected chi connectivity index (χ4v) is 5.31. The van der Waals surface area contributed by atoms with E-state index in [0.717, 1.165) is 27.4 Å². The molecular weight excluding hydrogens is 504 g/mol. The maximum atomic E-state index is 13.1. The number of para-hydroxylation sites is 1. The highest BCUT2D eigenvalue weighted by molar-refractivity contribution is 9.10. The average molecular weight is 523 g/mol. The number of benzene rings is 4. The Morgan fingerprint density at radius 3 is 2.26 bits per heavy atom. The van der Waals surface area contributed by atoms with E-state index in [0.29, 0.717) is 28.9 Å². The fraction of sp³-hybridized carbons (Fsp3) is 0.0690. The van der Waals surface area contributed by atoms with E-state index in [1.165, 1.54) is 0 Å². The normalized spacial score (nSPS) is 16.0. The Hall–Kier alpha value is -4.03. The molecule has 0 bridgehead atoms. The zero-order valence-electron chi connectivity index (χ0n) is 18.5. The summed E-state index contributed by atoms with van der Waals surface area (Å²) in [6.07, 6.45) is 0. The maximum Gasteiger partial charge on any atom is 0.365 e. The summed E-state index contributed by atoms with van der Waals surface area (Å²) in [4.78, 5) is 30.7. The number of hydrogen-bond donors (Lipinski definition) is 0. The molecule has 0 saturated heterocycles. The van der Waals surface area contributed by atoms with Gasteiger partial charge in [0, 0.05) is 39.5 Å². The van der Waals surface area contributed by atoms with E-state index in [9.17, 15) is 9.59 Å². The minimum absolute atomic E-state index is 0.00660. The molecule has 0 amide bonds. The van der Waals surface area contributed by atoms with Crippen LogP contribution in [0.5, 0.6) is 0 Å². The van der Waals surface area contributed by atoms with Gasteiger partial charge in [0.1, 0.15) is 5.71 Å². The summed E-state index contributed by atoms with van der Waals surface area (Å²) in [6, 6.07) is 30.0. The Morgan fingerprint density at radius 1 is 0.800 bits per heavy atom. The van der Waals surface area contributed by atoms with Crippen molar-refractivity contribution in [3.05, 3.63) is 119 Å². The van der Waals surface area contributed by atoms with Crippen LogP contribution in [0.3, 0.4) is 0 Å². The third kappa shape index (κ3) is 3.67. The number of oxime groups is 1. The van der Waals surface area contributed by atoms with Crippen molar-refractivity contribution in [2.75, 3.05) is 0 Å². The van der Waals surface area contributed by atoms with Crippen molar-refractivity contribution in [1.82, 2.24) is 4.57 Å². The molecule has 4 aromatic carbocycles.